The molecule has 152 valence electrons. The molecule has 0 saturated heterocycles. The topological polar surface area (TPSA) is 55.1 Å². The van der Waals surface area contributed by atoms with Crippen molar-refractivity contribution in [3.05, 3.63) is 101 Å². The van der Waals surface area contributed by atoms with Crippen molar-refractivity contribution in [3.8, 4) is 0 Å². The van der Waals surface area contributed by atoms with E-state index in [0.717, 1.165) is 19.1 Å². The Morgan fingerprint density at radius 2 is 1.83 bits per heavy atom. The quantitative estimate of drug-likeness (QED) is 0.508. The molecule has 4 heteroatoms. The zero-order chi connectivity index (χ0) is 20.7. The summed E-state index contributed by atoms with van der Waals surface area (Å²) in [5.41, 5.74) is 5.00. The van der Waals surface area contributed by atoms with Crippen LogP contribution in [-0.2, 0) is 23.2 Å². The first-order chi connectivity index (χ1) is 14.6. The van der Waals surface area contributed by atoms with Crippen LogP contribution in [0.15, 0.2) is 78.7 Å². The van der Waals surface area contributed by atoms with Gasteiger partial charge in [0, 0.05) is 16.9 Å². The smallest absolute Gasteiger partial charge is 0.165 e. The Hall–Kier alpha value is -3.14. The number of rotatable bonds is 3. The largest absolute Gasteiger partial charge is 0.515 e. The molecular weight excluding hydrogens is 372 g/mol. The van der Waals surface area contributed by atoms with Gasteiger partial charge in [0.05, 0.1) is 24.7 Å². The van der Waals surface area contributed by atoms with Crippen LogP contribution >= 0.6 is 0 Å². The summed E-state index contributed by atoms with van der Waals surface area (Å²) < 4.78 is 2.13. The van der Waals surface area contributed by atoms with Crippen molar-refractivity contribution in [3.63, 3.8) is 0 Å². The van der Waals surface area contributed by atoms with Crippen LogP contribution in [0, 0.1) is 11.8 Å². The number of allylic oxidation sites excluding steroid dienone is 1. The van der Waals surface area contributed by atoms with Gasteiger partial charge in [-0.3, -0.25) is 9.48 Å². The molecule has 3 atom stereocenters. The first-order valence-electron chi connectivity index (χ1n) is 10.7. The van der Waals surface area contributed by atoms with E-state index in [1.54, 1.807) is 0 Å². The van der Waals surface area contributed by atoms with Crippen molar-refractivity contribution in [1.82, 2.24) is 9.78 Å². The van der Waals surface area contributed by atoms with Crippen LogP contribution in [0.2, 0.25) is 0 Å². The molecule has 0 unspecified atom stereocenters. The lowest BCUT2D eigenvalue weighted by molar-refractivity contribution is -0.123. The summed E-state index contributed by atoms with van der Waals surface area (Å²) in [6, 6.07) is 20.9. The van der Waals surface area contributed by atoms with E-state index in [4.69, 9.17) is 5.10 Å². The van der Waals surface area contributed by atoms with Gasteiger partial charge in [-0.15, -0.1) is 0 Å². The Labute approximate surface area is 176 Å². The molecule has 1 heterocycles. The van der Waals surface area contributed by atoms with Crippen molar-refractivity contribution < 1.29 is 9.90 Å². The second-order valence-corrected chi connectivity index (χ2v) is 8.63. The number of nitrogens with zero attached hydrogens (tertiary/aromatic N) is 2. The highest BCUT2D eigenvalue weighted by atomic mass is 16.2. The highest BCUT2D eigenvalue weighted by molar-refractivity contribution is 5.98. The van der Waals surface area contributed by atoms with Gasteiger partial charge in [0.1, 0.15) is 0 Å². The number of aliphatic hydroxyl groups excluding tert-OH is 1. The predicted molar refractivity (Wildman–Crippen MR) is 116 cm³/mol. The highest BCUT2D eigenvalue weighted by Crippen LogP contribution is 2.56. The van der Waals surface area contributed by atoms with Gasteiger partial charge in [-0.1, -0.05) is 67.6 Å². The third kappa shape index (κ3) is 2.74. The molecule has 0 bridgehead atoms. The molecule has 30 heavy (non-hydrogen) atoms. The van der Waals surface area contributed by atoms with Crippen LogP contribution in [-0.4, -0.2) is 20.7 Å². The zero-order valence-corrected chi connectivity index (χ0v) is 17.2. The molecule has 0 spiro atoms. The van der Waals surface area contributed by atoms with Crippen LogP contribution in [0.25, 0.3) is 0 Å². The number of hydrogen-bond donors (Lipinski definition) is 1. The van der Waals surface area contributed by atoms with Crippen LogP contribution in [0.5, 0.6) is 0 Å². The highest BCUT2D eigenvalue weighted by Gasteiger charge is 2.55. The fraction of sp³-hybridized carbons (Fsp3) is 0.308. The summed E-state index contributed by atoms with van der Waals surface area (Å²) in [4.78, 5) is 13.0. The molecule has 0 aliphatic heterocycles. The Morgan fingerprint density at radius 3 is 2.53 bits per heavy atom. The third-order valence-electron chi connectivity index (χ3n) is 7.12. The third-order valence-corrected chi connectivity index (χ3v) is 7.12. The monoisotopic (exact) mass is 398 g/mol. The molecule has 0 radical (unpaired) electrons. The standard InChI is InChI=1S/C26H26N2O2/c1-18-23-13-12-20-15-27-28(16-19-8-4-2-5-9-19)25(20)26(23,14-21(17-29)24(18)30)22-10-6-3-7-11-22/h2-11,15,17-18,23,29H,12-14,16H2,1H3/b21-17-/t18-,23-,26+/m0/s1. The second-order valence-electron chi connectivity index (χ2n) is 8.63. The molecule has 2 aromatic carbocycles. The summed E-state index contributed by atoms with van der Waals surface area (Å²) >= 11 is 0. The van der Waals surface area contributed by atoms with Crippen molar-refractivity contribution in [2.75, 3.05) is 0 Å². The molecule has 1 N–H and O–H groups in total. The van der Waals surface area contributed by atoms with E-state index in [0.29, 0.717) is 18.5 Å². The lowest BCUT2D eigenvalue weighted by atomic mass is 9.52. The molecule has 3 aromatic rings. The van der Waals surface area contributed by atoms with Gasteiger partial charge in [-0.2, -0.15) is 5.10 Å². The van der Waals surface area contributed by atoms with Crippen LogP contribution in [0.1, 0.15) is 42.1 Å². The molecule has 2 aliphatic rings. The Bertz CT molecular complexity index is 1100. The Balaban J connectivity index is 1.74. The predicted octanol–water partition coefficient (Wildman–Crippen LogP) is 4.83. The molecule has 1 fully saturated rings. The van der Waals surface area contributed by atoms with Crippen LogP contribution in [0.3, 0.4) is 0 Å². The number of aromatic nitrogens is 2. The number of hydrogen-bond acceptors (Lipinski definition) is 3. The number of aryl methyl sites for hydroxylation is 1. The molecule has 2 aliphatic carbocycles. The average Bonchev–Trinajstić information content (AvgIpc) is 3.21. The van der Waals surface area contributed by atoms with Crippen molar-refractivity contribution >= 4 is 5.78 Å². The minimum atomic E-state index is -0.373. The van der Waals surface area contributed by atoms with E-state index in [2.05, 4.69) is 53.2 Å². The Kier molecular flexibility index (Phi) is 4.58. The maximum atomic E-state index is 13.0. The summed E-state index contributed by atoms with van der Waals surface area (Å²) in [6.45, 7) is 2.72. The van der Waals surface area contributed by atoms with Gasteiger partial charge in [0.15, 0.2) is 5.78 Å². The minimum absolute atomic E-state index is 0.0756. The SMILES string of the molecule is C[C@@H]1C(=O)/C(=C\O)C[C@]2(c3ccccc3)c3c(cnn3Cc3ccccc3)CC[C@@H]12. The van der Waals surface area contributed by atoms with Crippen LogP contribution < -0.4 is 0 Å². The van der Waals surface area contributed by atoms with Gasteiger partial charge >= 0.3 is 0 Å². The van der Waals surface area contributed by atoms with Crippen LogP contribution in [0.4, 0.5) is 0 Å². The summed E-state index contributed by atoms with van der Waals surface area (Å²) in [5.74, 6) is 0.104. The number of carbonyl (C=O) groups excluding carboxylic acids is 1. The van der Waals surface area contributed by atoms with Gasteiger partial charge in [-0.05, 0) is 41.9 Å². The molecule has 1 saturated carbocycles. The van der Waals surface area contributed by atoms with Gasteiger partial charge < -0.3 is 5.11 Å². The zero-order valence-electron chi connectivity index (χ0n) is 17.2. The molecule has 4 nitrogen and oxygen atoms in total. The van der Waals surface area contributed by atoms with E-state index in [9.17, 15) is 9.90 Å². The molecule has 5 rings (SSSR count). The van der Waals surface area contributed by atoms with E-state index in [-0.39, 0.29) is 23.0 Å². The number of Topliss-reactive ketones (excluding diaryl/α,β-unsaturated/α-hetero) is 1. The summed E-state index contributed by atoms with van der Waals surface area (Å²) in [7, 11) is 0. The number of fused-ring (bicyclic) bond motifs is 3. The van der Waals surface area contributed by atoms with E-state index in [1.165, 1.54) is 22.4 Å². The van der Waals surface area contributed by atoms with E-state index in [1.807, 2.05) is 25.3 Å². The van der Waals surface area contributed by atoms with Crippen molar-refractivity contribution in [1.29, 1.82) is 0 Å². The van der Waals surface area contributed by atoms with E-state index < -0.39 is 0 Å². The van der Waals surface area contributed by atoms with E-state index >= 15 is 0 Å². The lowest BCUT2D eigenvalue weighted by Gasteiger charge is -2.50. The maximum absolute atomic E-state index is 13.0. The van der Waals surface area contributed by atoms with Crippen molar-refractivity contribution in [2.24, 2.45) is 11.8 Å². The summed E-state index contributed by atoms with van der Waals surface area (Å²) in [6.07, 6.45) is 5.42. The fourth-order valence-electron chi connectivity index (χ4n) is 5.78. The lowest BCUT2D eigenvalue weighted by Crippen LogP contribution is -2.51. The normalized spacial score (nSPS) is 27.0. The number of ketones is 1. The first-order valence-corrected chi connectivity index (χ1v) is 10.7. The average molecular weight is 399 g/mol. The van der Waals surface area contributed by atoms with Gasteiger partial charge in [0.25, 0.3) is 0 Å². The summed E-state index contributed by atoms with van der Waals surface area (Å²) in [5, 5.41) is 14.7. The maximum Gasteiger partial charge on any atom is 0.165 e. The molecule has 0 amide bonds. The van der Waals surface area contributed by atoms with Crippen molar-refractivity contribution in [2.45, 2.75) is 38.1 Å². The minimum Gasteiger partial charge on any atom is -0.515 e. The number of benzene rings is 2. The molecular formula is C26H26N2O2. The first kappa shape index (κ1) is 18.9. The van der Waals surface area contributed by atoms with Gasteiger partial charge in [-0.25, -0.2) is 0 Å². The fourth-order valence-corrected chi connectivity index (χ4v) is 5.78. The number of carbonyl (C=O) groups is 1. The molecule has 1 aromatic heterocycles. The number of aliphatic hydroxyl groups is 1. The second kappa shape index (κ2) is 7.28. The van der Waals surface area contributed by atoms with Gasteiger partial charge in [0.2, 0.25) is 0 Å². The Morgan fingerprint density at radius 1 is 1.13 bits per heavy atom.